The van der Waals surface area contributed by atoms with Gasteiger partial charge in [-0.05, 0) is 24.1 Å². The lowest BCUT2D eigenvalue weighted by molar-refractivity contribution is 0.389. The van der Waals surface area contributed by atoms with Crippen molar-refractivity contribution in [2.75, 3.05) is 26.5 Å². The van der Waals surface area contributed by atoms with E-state index < -0.39 is 10.2 Å². The van der Waals surface area contributed by atoms with Gasteiger partial charge in [0.25, 0.3) is 10.2 Å². The first-order valence-corrected chi connectivity index (χ1v) is 8.17. The maximum Gasteiger partial charge on any atom is 0.281 e. The number of hydrogen-bond donors (Lipinski definition) is 0. The van der Waals surface area contributed by atoms with E-state index >= 15 is 0 Å². The van der Waals surface area contributed by atoms with Gasteiger partial charge in [0, 0.05) is 38.1 Å². The summed E-state index contributed by atoms with van der Waals surface area (Å²) in [7, 11) is -0.356. The van der Waals surface area contributed by atoms with Crippen LogP contribution < -0.4 is 0 Å². The van der Waals surface area contributed by atoms with Crippen LogP contribution in [0.1, 0.15) is 12.0 Å². The molecule has 0 aliphatic carbocycles. The predicted molar refractivity (Wildman–Crippen MR) is 79.8 cm³/mol. The number of alkyl halides is 1. The van der Waals surface area contributed by atoms with E-state index in [9.17, 15) is 8.42 Å². The summed E-state index contributed by atoms with van der Waals surface area (Å²) in [6.45, 7) is 0.694. The molecule has 4 nitrogen and oxygen atoms in total. The molecule has 7 heteroatoms. The maximum absolute atomic E-state index is 12.2. The van der Waals surface area contributed by atoms with Crippen molar-refractivity contribution < 1.29 is 8.42 Å². The Morgan fingerprint density at radius 2 is 1.89 bits per heavy atom. The van der Waals surface area contributed by atoms with Crippen LogP contribution in [0.3, 0.4) is 0 Å². The van der Waals surface area contributed by atoms with Crippen LogP contribution in [0.15, 0.2) is 24.3 Å². The fourth-order valence-corrected chi connectivity index (χ4v) is 3.09. The zero-order valence-electron chi connectivity index (χ0n) is 11.0. The first-order chi connectivity index (χ1) is 8.87. The summed E-state index contributed by atoms with van der Waals surface area (Å²) in [4.78, 5) is 0. The van der Waals surface area contributed by atoms with E-state index in [0.717, 1.165) is 5.56 Å². The molecule has 0 spiro atoms. The van der Waals surface area contributed by atoms with Gasteiger partial charge in [0.2, 0.25) is 0 Å². The van der Waals surface area contributed by atoms with Crippen molar-refractivity contribution >= 4 is 33.4 Å². The first kappa shape index (κ1) is 16.7. The summed E-state index contributed by atoms with van der Waals surface area (Å²) in [5, 5.41) is 0.596. The minimum atomic E-state index is -3.46. The molecular formula is C12H18Cl2N2O2S. The molecule has 0 saturated carbocycles. The number of halogens is 2. The van der Waals surface area contributed by atoms with Crippen LogP contribution in [0.5, 0.6) is 0 Å². The smallest absolute Gasteiger partial charge is 0.195 e. The van der Waals surface area contributed by atoms with Crippen molar-refractivity contribution in [1.29, 1.82) is 0 Å². The molecule has 108 valence electrons. The van der Waals surface area contributed by atoms with Crippen LogP contribution in [0.25, 0.3) is 0 Å². The molecule has 19 heavy (non-hydrogen) atoms. The van der Waals surface area contributed by atoms with Gasteiger partial charge in [-0.15, -0.1) is 11.6 Å². The van der Waals surface area contributed by atoms with Crippen molar-refractivity contribution in [3.63, 3.8) is 0 Å². The van der Waals surface area contributed by atoms with E-state index in [1.807, 2.05) is 6.07 Å². The van der Waals surface area contributed by atoms with Crippen LogP contribution in [-0.4, -0.2) is 43.5 Å². The maximum atomic E-state index is 12.2. The van der Waals surface area contributed by atoms with Gasteiger partial charge < -0.3 is 0 Å². The third-order valence-corrected chi connectivity index (χ3v) is 5.08. The molecule has 0 atom stereocenters. The van der Waals surface area contributed by atoms with E-state index in [4.69, 9.17) is 23.2 Å². The Hall–Kier alpha value is -0.330. The molecular weight excluding hydrogens is 307 g/mol. The Bertz CT molecular complexity index is 508. The van der Waals surface area contributed by atoms with E-state index in [-0.39, 0.29) is 6.54 Å². The fourth-order valence-electron chi connectivity index (χ4n) is 1.61. The van der Waals surface area contributed by atoms with Crippen molar-refractivity contribution in [2.45, 2.75) is 13.0 Å². The Balaban J connectivity index is 2.73. The molecule has 0 heterocycles. The minimum Gasteiger partial charge on any atom is -0.195 e. The molecule has 0 aromatic heterocycles. The Morgan fingerprint density at radius 3 is 2.47 bits per heavy atom. The van der Waals surface area contributed by atoms with Crippen molar-refractivity contribution in [1.82, 2.24) is 8.61 Å². The average molecular weight is 325 g/mol. The lowest BCUT2D eigenvalue weighted by atomic mass is 10.2. The van der Waals surface area contributed by atoms with E-state index in [1.54, 1.807) is 32.3 Å². The van der Waals surface area contributed by atoms with Crippen LogP contribution in [0, 0.1) is 0 Å². The monoisotopic (exact) mass is 324 g/mol. The molecule has 1 rings (SSSR count). The van der Waals surface area contributed by atoms with Crippen LogP contribution in [0.2, 0.25) is 5.02 Å². The van der Waals surface area contributed by atoms with E-state index in [0.29, 0.717) is 23.9 Å². The second kappa shape index (κ2) is 7.45. The molecule has 0 aliphatic rings. The zero-order valence-corrected chi connectivity index (χ0v) is 13.3. The van der Waals surface area contributed by atoms with Gasteiger partial charge in [-0.1, -0.05) is 23.7 Å². The van der Waals surface area contributed by atoms with Crippen molar-refractivity contribution in [3.05, 3.63) is 34.9 Å². The standard InChI is InChI=1S/C12H18Cl2N2O2S/c1-15(8-4-7-13)19(17,18)16(2)10-11-5-3-6-12(14)9-11/h3,5-6,9H,4,7-8,10H2,1-2H3. The van der Waals surface area contributed by atoms with Gasteiger partial charge in [0.1, 0.15) is 0 Å². The second-order valence-corrected chi connectivity index (χ2v) is 7.21. The zero-order chi connectivity index (χ0) is 14.5. The van der Waals surface area contributed by atoms with Crippen LogP contribution in [0.4, 0.5) is 0 Å². The summed E-state index contributed by atoms with van der Waals surface area (Å²) >= 11 is 11.5. The van der Waals surface area contributed by atoms with Gasteiger partial charge in [-0.25, -0.2) is 0 Å². The number of benzene rings is 1. The summed E-state index contributed by atoms with van der Waals surface area (Å²) < 4.78 is 27.0. The number of hydrogen-bond acceptors (Lipinski definition) is 2. The molecule has 0 amide bonds. The average Bonchev–Trinajstić information content (AvgIpc) is 2.35. The lowest BCUT2D eigenvalue weighted by Gasteiger charge is -2.24. The Morgan fingerprint density at radius 1 is 1.21 bits per heavy atom. The third-order valence-electron chi connectivity index (χ3n) is 2.69. The topological polar surface area (TPSA) is 40.6 Å². The molecule has 1 aromatic carbocycles. The normalized spacial score (nSPS) is 12.3. The second-order valence-electron chi connectivity index (χ2n) is 4.26. The van der Waals surface area contributed by atoms with E-state index in [1.165, 1.54) is 8.61 Å². The Labute approximate surface area is 125 Å². The third kappa shape index (κ3) is 4.93. The number of rotatable bonds is 7. The van der Waals surface area contributed by atoms with Crippen molar-refractivity contribution in [2.24, 2.45) is 0 Å². The van der Waals surface area contributed by atoms with Crippen LogP contribution >= 0.6 is 23.2 Å². The summed E-state index contributed by atoms with van der Waals surface area (Å²) in [5.74, 6) is 0.442. The predicted octanol–water partition coefficient (Wildman–Crippen LogP) is 2.58. The first-order valence-electron chi connectivity index (χ1n) is 5.86. The van der Waals surface area contributed by atoms with Gasteiger partial charge in [-0.3, -0.25) is 0 Å². The van der Waals surface area contributed by atoms with Gasteiger partial charge in [0.15, 0.2) is 0 Å². The molecule has 1 aromatic rings. The quantitative estimate of drug-likeness (QED) is 0.723. The molecule has 0 radical (unpaired) electrons. The van der Waals surface area contributed by atoms with E-state index in [2.05, 4.69) is 0 Å². The minimum absolute atomic E-state index is 0.286. The van der Waals surface area contributed by atoms with Crippen LogP contribution in [-0.2, 0) is 16.8 Å². The molecule has 0 saturated heterocycles. The van der Waals surface area contributed by atoms with Crippen molar-refractivity contribution in [3.8, 4) is 0 Å². The highest BCUT2D eigenvalue weighted by Crippen LogP contribution is 2.14. The summed E-state index contributed by atoms with van der Waals surface area (Å²) in [6.07, 6.45) is 0.627. The summed E-state index contributed by atoms with van der Waals surface area (Å²) in [6, 6.07) is 7.16. The van der Waals surface area contributed by atoms with Gasteiger partial charge in [0.05, 0.1) is 0 Å². The largest absolute Gasteiger partial charge is 0.281 e. The summed E-state index contributed by atoms with van der Waals surface area (Å²) in [5.41, 5.74) is 0.851. The number of nitrogens with zero attached hydrogens (tertiary/aromatic N) is 2. The molecule has 0 aliphatic heterocycles. The molecule has 0 bridgehead atoms. The lowest BCUT2D eigenvalue weighted by Crippen LogP contribution is -2.39. The SMILES string of the molecule is CN(CCCCl)S(=O)(=O)N(C)Cc1cccc(Cl)c1. The highest BCUT2D eigenvalue weighted by Gasteiger charge is 2.23. The Kier molecular flexibility index (Phi) is 6.56. The molecule has 0 unspecified atom stereocenters. The highest BCUT2D eigenvalue weighted by atomic mass is 35.5. The van der Waals surface area contributed by atoms with Gasteiger partial charge in [-0.2, -0.15) is 17.0 Å². The fraction of sp³-hybridized carbons (Fsp3) is 0.500. The highest BCUT2D eigenvalue weighted by molar-refractivity contribution is 7.86. The molecule has 0 N–H and O–H groups in total. The molecule has 0 fully saturated rings. The van der Waals surface area contributed by atoms with Gasteiger partial charge >= 0.3 is 0 Å².